The van der Waals surface area contributed by atoms with Gasteiger partial charge in [-0.25, -0.2) is 0 Å². The van der Waals surface area contributed by atoms with Crippen LogP contribution >= 0.6 is 24.8 Å². The predicted octanol–water partition coefficient (Wildman–Crippen LogP) is 5.13. The number of allylic oxidation sites excluding steroid dienone is 8. The molecule has 0 heterocycles. The van der Waals surface area contributed by atoms with Crippen molar-refractivity contribution >= 4 is 28.6 Å². The van der Waals surface area contributed by atoms with E-state index < -0.39 is 17.4 Å². The van der Waals surface area contributed by atoms with Gasteiger partial charge in [0.05, 0.1) is 0 Å². The van der Waals surface area contributed by atoms with E-state index in [9.17, 15) is 0 Å². The molecule has 0 amide bonds. The van der Waals surface area contributed by atoms with E-state index in [0.717, 1.165) is 0 Å². The molecule has 2 aliphatic rings. The maximum absolute atomic E-state index is 2.44. The van der Waals surface area contributed by atoms with Crippen LogP contribution in [0.2, 0.25) is 0 Å². The van der Waals surface area contributed by atoms with Crippen molar-refractivity contribution in [3.8, 4) is 0 Å². The van der Waals surface area contributed by atoms with Gasteiger partial charge in [0.15, 0.2) is 0 Å². The zero-order valence-corrected chi connectivity index (χ0v) is 14.7. The maximum Gasteiger partial charge on any atom is -0.147 e. The van der Waals surface area contributed by atoms with Crippen LogP contribution < -0.4 is 0 Å². The van der Waals surface area contributed by atoms with Crippen molar-refractivity contribution in [1.82, 2.24) is 0 Å². The van der Waals surface area contributed by atoms with Crippen LogP contribution in [0.25, 0.3) is 0 Å². The van der Waals surface area contributed by atoms with E-state index in [1.165, 1.54) is 24.0 Å². The number of hydrogen-bond acceptors (Lipinski definition) is 0. The zero-order valence-electron chi connectivity index (χ0n) is 11.5. The van der Waals surface area contributed by atoms with E-state index in [1.807, 2.05) is 0 Å². The molecule has 0 radical (unpaired) electrons. The molecule has 0 aromatic heterocycles. The summed E-state index contributed by atoms with van der Waals surface area (Å²) in [6, 6.07) is 0. The minimum absolute atomic E-state index is 0. The Balaban J connectivity index is 0.00000144. The summed E-state index contributed by atoms with van der Waals surface area (Å²) in [4.78, 5) is 0. The molecular formula is C15H22Cl2Ti. The molecule has 0 spiro atoms. The monoisotopic (exact) mass is 320 g/mol. The van der Waals surface area contributed by atoms with E-state index in [2.05, 4.69) is 52.0 Å². The Morgan fingerprint density at radius 3 is 1.50 bits per heavy atom. The van der Waals surface area contributed by atoms with E-state index in [1.54, 1.807) is 11.6 Å². The Labute approximate surface area is 129 Å². The smallest absolute Gasteiger partial charge is 0.147 e. The van der Waals surface area contributed by atoms with Gasteiger partial charge in [0.2, 0.25) is 0 Å². The molecule has 0 aromatic rings. The van der Waals surface area contributed by atoms with Gasteiger partial charge in [0, 0.05) is 0 Å². The number of hydrogen-bond donors (Lipinski definition) is 0. The quantitative estimate of drug-likeness (QED) is 0.619. The molecule has 18 heavy (non-hydrogen) atoms. The summed E-state index contributed by atoms with van der Waals surface area (Å²) in [6.07, 6.45) is 12.1. The first-order valence-electron chi connectivity index (χ1n) is 6.01. The Kier molecular flexibility index (Phi) is 7.70. The molecule has 0 fully saturated rings. The summed E-state index contributed by atoms with van der Waals surface area (Å²) in [5.41, 5.74) is 2.93. The first-order valence-corrected chi connectivity index (χ1v) is 8.35. The second-order valence-corrected chi connectivity index (χ2v) is 9.76. The van der Waals surface area contributed by atoms with Crippen molar-refractivity contribution < 1.29 is 17.4 Å². The van der Waals surface area contributed by atoms with Crippen LogP contribution in [0.5, 0.6) is 0 Å². The summed E-state index contributed by atoms with van der Waals surface area (Å²) in [6.45, 7) is 9.11. The normalized spacial score (nSPS) is 16.9. The topological polar surface area (TPSA) is 0 Å². The molecular weight excluding hydrogens is 299 g/mol. The molecule has 2 aliphatic carbocycles. The molecule has 0 N–H and O–H groups in total. The Bertz CT molecular complexity index is 435. The van der Waals surface area contributed by atoms with Gasteiger partial charge in [-0.15, -0.1) is 24.8 Å². The number of rotatable bonds is 2. The molecule has 3 heteroatoms. The van der Waals surface area contributed by atoms with E-state index >= 15 is 0 Å². The van der Waals surface area contributed by atoms with Crippen LogP contribution in [-0.4, -0.2) is 3.81 Å². The standard InChI is InChI=1S/2C6H7.C3H6.2ClH.Ti/c2*1-6-4-2-3-5-6;1-3-2;;;/h2*4-5H,2H2,1H3;1-2H3;2*1H;. The van der Waals surface area contributed by atoms with Gasteiger partial charge in [-0.2, -0.15) is 0 Å². The van der Waals surface area contributed by atoms with E-state index in [0.29, 0.717) is 0 Å². The third-order valence-corrected chi connectivity index (χ3v) is 7.89. The molecule has 2 rings (SSSR count). The van der Waals surface area contributed by atoms with E-state index in [4.69, 9.17) is 0 Å². The fraction of sp³-hybridized carbons (Fsp3) is 0.400. The van der Waals surface area contributed by atoms with Crippen LogP contribution in [0.3, 0.4) is 0 Å². The fourth-order valence-corrected chi connectivity index (χ4v) is 7.29. The average molecular weight is 321 g/mol. The minimum Gasteiger partial charge on any atom is -0.147 e. The Morgan fingerprint density at radius 2 is 1.28 bits per heavy atom. The molecule has 0 saturated heterocycles. The van der Waals surface area contributed by atoms with Crippen LogP contribution in [0.4, 0.5) is 0 Å². The van der Waals surface area contributed by atoms with Crippen molar-refractivity contribution in [2.24, 2.45) is 0 Å². The summed E-state index contributed by atoms with van der Waals surface area (Å²) < 4.78 is 5.17. The van der Waals surface area contributed by atoms with Crippen LogP contribution in [0, 0.1) is 0 Å². The Hall–Kier alpha value is 0.124. The first kappa shape index (κ1) is 18.1. The zero-order chi connectivity index (χ0) is 11.7. The average Bonchev–Trinajstić information content (AvgIpc) is 2.76. The Morgan fingerprint density at radius 1 is 0.889 bits per heavy atom. The third kappa shape index (κ3) is 4.06. The van der Waals surface area contributed by atoms with Gasteiger partial charge in [0.1, 0.15) is 0 Å². The summed E-state index contributed by atoms with van der Waals surface area (Å²) >= 11 is -1.26. The summed E-state index contributed by atoms with van der Waals surface area (Å²) in [5, 5.41) is 0. The van der Waals surface area contributed by atoms with Gasteiger partial charge in [-0.05, 0) is 0 Å². The second-order valence-electron chi connectivity index (χ2n) is 5.02. The van der Waals surface area contributed by atoms with Gasteiger partial charge in [-0.3, -0.25) is 0 Å². The molecule has 100 valence electrons. The molecule has 0 aliphatic heterocycles. The third-order valence-electron chi connectivity index (χ3n) is 3.23. The second kappa shape index (κ2) is 7.65. The van der Waals surface area contributed by atoms with Gasteiger partial charge >= 0.3 is 105 Å². The van der Waals surface area contributed by atoms with Crippen LogP contribution in [-0.2, 0) is 17.4 Å². The fourth-order valence-electron chi connectivity index (χ4n) is 2.52. The predicted molar refractivity (Wildman–Crippen MR) is 83.8 cm³/mol. The maximum atomic E-state index is 2.44. The van der Waals surface area contributed by atoms with Crippen molar-refractivity contribution in [3.05, 3.63) is 43.2 Å². The van der Waals surface area contributed by atoms with E-state index in [-0.39, 0.29) is 24.8 Å². The first-order chi connectivity index (χ1) is 7.58. The minimum atomic E-state index is -1.26. The molecule has 0 atom stereocenters. The van der Waals surface area contributed by atoms with Crippen molar-refractivity contribution in [1.29, 1.82) is 0 Å². The molecule has 0 unspecified atom stereocenters. The number of halogens is 2. The molecule has 0 nitrogen and oxygen atoms in total. The van der Waals surface area contributed by atoms with Gasteiger partial charge < -0.3 is 0 Å². The largest absolute Gasteiger partial charge is 0.147 e. The van der Waals surface area contributed by atoms with Gasteiger partial charge in [-0.1, -0.05) is 0 Å². The summed E-state index contributed by atoms with van der Waals surface area (Å²) in [5.74, 6) is 0. The summed E-state index contributed by atoms with van der Waals surface area (Å²) in [7, 11) is 0. The van der Waals surface area contributed by atoms with Gasteiger partial charge in [0.25, 0.3) is 0 Å². The molecule has 0 aromatic carbocycles. The van der Waals surface area contributed by atoms with Crippen molar-refractivity contribution in [3.63, 3.8) is 0 Å². The molecule has 0 saturated carbocycles. The van der Waals surface area contributed by atoms with Crippen molar-refractivity contribution in [2.75, 3.05) is 0 Å². The SMILES string of the molecule is CC1=CC[C]([Ti]([C]2=CC(C)=CC2)=[C](C)C)=C1.Cl.Cl. The van der Waals surface area contributed by atoms with Crippen molar-refractivity contribution in [2.45, 2.75) is 40.5 Å². The van der Waals surface area contributed by atoms with Crippen LogP contribution in [0.1, 0.15) is 40.5 Å². The van der Waals surface area contributed by atoms with Crippen LogP contribution in [0.15, 0.2) is 43.2 Å². The molecule has 0 bridgehead atoms.